The van der Waals surface area contributed by atoms with E-state index in [1.54, 1.807) is 0 Å². The lowest BCUT2D eigenvalue weighted by Gasteiger charge is -2.20. The summed E-state index contributed by atoms with van der Waals surface area (Å²) >= 11 is 1.87. The van der Waals surface area contributed by atoms with Gasteiger partial charge in [0.2, 0.25) is 0 Å². The highest BCUT2D eigenvalue weighted by atomic mass is 32.1. The fraction of sp³-hybridized carbons (Fsp3) is 0.533. The molecule has 0 amide bonds. The minimum atomic E-state index is 0.379. The molecule has 1 unspecified atom stereocenters. The first-order valence-electron chi connectivity index (χ1n) is 6.79. The molecular weight excluding hydrogens is 254 g/mol. The number of imidazole rings is 1. The monoisotopic (exact) mass is 277 g/mol. The van der Waals surface area contributed by atoms with Crippen molar-refractivity contribution in [2.75, 3.05) is 6.54 Å². The Balaban J connectivity index is 2.24. The van der Waals surface area contributed by atoms with Crippen LogP contribution in [-0.4, -0.2) is 16.1 Å². The van der Waals surface area contributed by atoms with Gasteiger partial charge in [-0.2, -0.15) is 0 Å². The molecule has 3 nitrogen and oxygen atoms in total. The van der Waals surface area contributed by atoms with E-state index in [0.717, 1.165) is 6.54 Å². The van der Waals surface area contributed by atoms with Gasteiger partial charge >= 0.3 is 0 Å². The molecule has 0 aliphatic carbocycles. The van der Waals surface area contributed by atoms with E-state index in [-0.39, 0.29) is 0 Å². The van der Waals surface area contributed by atoms with Crippen molar-refractivity contribution in [1.82, 2.24) is 9.55 Å². The Bertz CT molecular complexity index is 520. The van der Waals surface area contributed by atoms with Crippen LogP contribution in [0.5, 0.6) is 0 Å². The van der Waals surface area contributed by atoms with E-state index >= 15 is 0 Å². The van der Waals surface area contributed by atoms with Crippen molar-refractivity contribution in [3.63, 3.8) is 0 Å². The molecule has 0 saturated carbocycles. The Labute approximate surface area is 119 Å². The highest BCUT2D eigenvalue weighted by Gasteiger charge is 2.18. The van der Waals surface area contributed by atoms with Gasteiger partial charge in [0.1, 0.15) is 0 Å². The minimum absolute atomic E-state index is 0.379. The maximum Gasteiger partial charge on any atom is 0.0951 e. The van der Waals surface area contributed by atoms with Crippen molar-refractivity contribution in [2.24, 2.45) is 11.7 Å². The zero-order chi connectivity index (χ0) is 14.0. The Morgan fingerprint density at radius 3 is 2.63 bits per heavy atom. The van der Waals surface area contributed by atoms with E-state index in [4.69, 9.17) is 5.73 Å². The summed E-state index contributed by atoms with van der Waals surface area (Å²) in [5, 5.41) is 0. The molecule has 104 valence electrons. The van der Waals surface area contributed by atoms with Gasteiger partial charge in [-0.3, -0.25) is 0 Å². The first kappa shape index (κ1) is 14.3. The molecule has 2 heterocycles. The van der Waals surface area contributed by atoms with Crippen molar-refractivity contribution in [3.05, 3.63) is 39.6 Å². The predicted molar refractivity (Wildman–Crippen MR) is 81.8 cm³/mol. The van der Waals surface area contributed by atoms with Crippen molar-refractivity contribution in [3.8, 4) is 0 Å². The second-order valence-corrected chi connectivity index (χ2v) is 6.83. The number of nitrogens with two attached hydrogens (primary N) is 1. The molecule has 4 heteroatoms. The molecule has 2 aromatic heterocycles. The molecule has 0 aromatic carbocycles. The molecule has 19 heavy (non-hydrogen) atoms. The third-order valence-electron chi connectivity index (χ3n) is 3.73. The third kappa shape index (κ3) is 3.07. The summed E-state index contributed by atoms with van der Waals surface area (Å²) in [4.78, 5) is 7.09. The van der Waals surface area contributed by atoms with Gasteiger partial charge in [-0.25, -0.2) is 4.98 Å². The van der Waals surface area contributed by atoms with Crippen LogP contribution in [0.2, 0.25) is 0 Å². The topological polar surface area (TPSA) is 43.8 Å². The van der Waals surface area contributed by atoms with Crippen LogP contribution in [0.15, 0.2) is 18.6 Å². The standard InChI is InChI=1S/C15H23N3S/c1-10(2)14(6-16)15-7-17-9-18(15)8-13-5-11(3)12(4)19-13/h5,7,9-10,14H,6,8,16H2,1-4H3. The lowest BCUT2D eigenvalue weighted by molar-refractivity contribution is 0.478. The summed E-state index contributed by atoms with van der Waals surface area (Å²) in [7, 11) is 0. The van der Waals surface area contributed by atoms with Crippen molar-refractivity contribution in [2.45, 2.75) is 40.2 Å². The van der Waals surface area contributed by atoms with Crippen LogP contribution in [0, 0.1) is 19.8 Å². The van der Waals surface area contributed by atoms with Crippen LogP contribution in [0.3, 0.4) is 0 Å². The van der Waals surface area contributed by atoms with Crippen LogP contribution < -0.4 is 5.73 Å². The molecule has 0 aliphatic rings. The van der Waals surface area contributed by atoms with Crippen LogP contribution in [0.25, 0.3) is 0 Å². The maximum absolute atomic E-state index is 5.92. The summed E-state index contributed by atoms with van der Waals surface area (Å²) in [6.45, 7) is 10.3. The summed E-state index contributed by atoms with van der Waals surface area (Å²) in [6, 6.07) is 2.27. The molecular formula is C15H23N3S. The van der Waals surface area contributed by atoms with E-state index in [9.17, 15) is 0 Å². The van der Waals surface area contributed by atoms with Gasteiger partial charge < -0.3 is 10.3 Å². The molecule has 0 saturated heterocycles. The largest absolute Gasteiger partial charge is 0.330 e. The maximum atomic E-state index is 5.92. The average Bonchev–Trinajstić information content (AvgIpc) is 2.89. The fourth-order valence-corrected chi connectivity index (χ4v) is 3.45. The molecule has 0 spiro atoms. The molecule has 2 rings (SSSR count). The van der Waals surface area contributed by atoms with E-state index in [0.29, 0.717) is 18.4 Å². The number of hydrogen-bond donors (Lipinski definition) is 1. The van der Waals surface area contributed by atoms with Crippen molar-refractivity contribution in [1.29, 1.82) is 0 Å². The van der Waals surface area contributed by atoms with E-state index in [2.05, 4.69) is 43.3 Å². The molecule has 1 atom stereocenters. The van der Waals surface area contributed by atoms with Gasteiger partial charge in [0.15, 0.2) is 0 Å². The first-order valence-corrected chi connectivity index (χ1v) is 7.60. The SMILES string of the molecule is Cc1cc(Cn2cncc2C(CN)C(C)C)sc1C. The summed E-state index contributed by atoms with van der Waals surface area (Å²) in [5.74, 6) is 0.914. The first-order chi connectivity index (χ1) is 9.02. The lowest BCUT2D eigenvalue weighted by Crippen LogP contribution is -2.21. The smallest absolute Gasteiger partial charge is 0.0951 e. The third-order valence-corrected chi connectivity index (χ3v) is 4.86. The highest BCUT2D eigenvalue weighted by molar-refractivity contribution is 7.12. The van der Waals surface area contributed by atoms with Gasteiger partial charge in [-0.05, 0) is 31.4 Å². The van der Waals surface area contributed by atoms with E-state index in [1.807, 2.05) is 23.9 Å². The molecule has 2 N–H and O–H groups in total. The average molecular weight is 277 g/mol. The van der Waals surface area contributed by atoms with E-state index in [1.165, 1.54) is 21.0 Å². The lowest BCUT2D eigenvalue weighted by atomic mass is 9.93. The van der Waals surface area contributed by atoms with Gasteiger partial charge in [0, 0.05) is 34.1 Å². The van der Waals surface area contributed by atoms with E-state index < -0.39 is 0 Å². The van der Waals surface area contributed by atoms with Crippen LogP contribution in [-0.2, 0) is 6.54 Å². The zero-order valence-corrected chi connectivity index (χ0v) is 13.0. The Hall–Kier alpha value is -1.13. The van der Waals surface area contributed by atoms with Crippen molar-refractivity contribution >= 4 is 11.3 Å². The highest BCUT2D eigenvalue weighted by Crippen LogP contribution is 2.26. The van der Waals surface area contributed by atoms with Crippen LogP contribution >= 0.6 is 11.3 Å². The van der Waals surface area contributed by atoms with Gasteiger partial charge in [-0.15, -0.1) is 11.3 Å². The second kappa shape index (κ2) is 5.88. The summed E-state index contributed by atoms with van der Waals surface area (Å²) < 4.78 is 2.24. The predicted octanol–water partition coefficient (Wildman–Crippen LogP) is 3.31. The Morgan fingerprint density at radius 2 is 2.11 bits per heavy atom. The molecule has 0 bridgehead atoms. The summed E-state index contributed by atoms with van der Waals surface area (Å²) in [5.41, 5.74) is 8.54. The van der Waals surface area contributed by atoms with Gasteiger partial charge in [0.05, 0.1) is 12.9 Å². The van der Waals surface area contributed by atoms with Crippen LogP contribution in [0.4, 0.5) is 0 Å². The number of hydrogen-bond acceptors (Lipinski definition) is 3. The quantitative estimate of drug-likeness (QED) is 0.911. The Morgan fingerprint density at radius 1 is 1.37 bits per heavy atom. The molecule has 0 aliphatic heterocycles. The van der Waals surface area contributed by atoms with Gasteiger partial charge in [0.25, 0.3) is 0 Å². The van der Waals surface area contributed by atoms with Crippen molar-refractivity contribution < 1.29 is 0 Å². The number of aryl methyl sites for hydroxylation is 2. The summed E-state index contributed by atoms with van der Waals surface area (Å²) in [6.07, 6.45) is 3.88. The minimum Gasteiger partial charge on any atom is -0.330 e. The van der Waals surface area contributed by atoms with Crippen LogP contribution in [0.1, 0.15) is 40.8 Å². The number of aromatic nitrogens is 2. The fourth-order valence-electron chi connectivity index (χ4n) is 2.40. The molecule has 2 aromatic rings. The molecule has 0 radical (unpaired) electrons. The number of rotatable bonds is 5. The van der Waals surface area contributed by atoms with Gasteiger partial charge in [-0.1, -0.05) is 13.8 Å². The molecule has 0 fully saturated rings. The zero-order valence-electron chi connectivity index (χ0n) is 12.2. The number of nitrogens with zero attached hydrogens (tertiary/aromatic N) is 2. The Kier molecular flexibility index (Phi) is 4.42. The second-order valence-electron chi connectivity index (χ2n) is 5.48. The normalized spacial score (nSPS) is 13.2. The number of thiophene rings is 1.